The highest BCUT2D eigenvalue weighted by Crippen LogP contribution is 2.21. The van der Waals surface area contributed by atoms with Crippen LogP contribution in [0.4, 0.5) is 5.82 Å². The first kappa shape index (κ1) is 14.0. The Hall–Kier alpha value is -1.39. The van der Waals surface area contributed by atoms with Gasteiger partial charge in [0.1, 0.15) is 5.82 Å². The lowest BCUT2D eigenvalue weighted by atomic mass is 10.1. The van der Waals surface area contributed by atoms with Crippen LogP contribution in [0, 0.1) is 0 Å². The van der Waals surface area contributed by atoms with Crippen molar-refractivity contribution in [2.75, 3.05) is 11.9 Å². The largest absolute Gasteiger partial charge is 0.355 e. The van der Waals surface area contributed by atoms with Crippen LogP contribution in [-0.2, 0) is 6.54 Å². The molecule has 4 heteroatoms. The van der Waals surface area contributed by atoms with Gasteiger partial charge in [-0.2, -0.15) is 0 Å². The van der Waals surface area contributed by atoms with E-state index in [1.165, 1.54) is 5.56 Å². The maximum Gasteiger partial charge on any atom is 0.128 e. The van der Waals surface area contributed by atoms with E-state index in [-0.39, 0.29) is 6.04 Å². The molecule has 0 amide bonds. The monoisotopic (exact) mass is 319 g/mol. The smallest absolute Gasteiger partial charge is 0.128 e. The van der Waals surface area contributed by atoms with Crippen molar-refractivity contribution in [1.29, 1.82) is 0 Å². The van der Waals surface area contributed by atoms with Gasteiger partial charge >= 0.3 is 0 Å². The van der Waals surface area contributed by atoms with Crippen molar-refractivity contribution in [3.05, 3.63) is 58.2 Å². The van der Waals surface area contributed by atoms with Crippen LogP contribution in [0.3, 0.4) is 0 Å². The molecule has 0 aliphatic heterocycles. The number of nitrogens with two attached hydrogens (primary N) is 1. The minimum Gasteiger partial charge on any atom is -0.355 e. The van der Waals surface area contributed by atoms with E-state index in [2.05, 4.69) is 37.9 Å². The molecule has 0 fully saturated rings. The van der Waals surface area contributed by atoms with Gasteiger partial charge in [-0.3, -0.25) is 0 Å². The highest BCUT2D eigenvalue weighted by atomic mass is 79.9. The number of benzene rings is 1. The standard InChI is InChI=1S/C15H18BrN3/c1-11(17)12-7-8-18-15(9-12)19(2)10-13-5-3-4-6-14(13)16/h3-9,11H,10,17H2,1-2H3/t11-/m0/s1. The first-order valence-electron chi connectivity index (χ1n) is 6.24. The fourth-order valence-corrected chi connectivity index (χ4v) is 2.30. The predicted molar refractivity (Wildman–Crippen MR) is 83.1 cm³/mol. The molecule has 0 saturated carbocycles. The molecule has 3 nitrogen and oxygen atoms in total. The summed E-state index contributed by atoms with van der Waals surface area (Å²) < 4.78 is 1.12. The molecular weight excluding hydrogens is 302 g/mol. The van der Waals surface area contributed by atoms with Gasteiger partial charge in [-0.25, -0.2) is 4.98 Å². The lowest BCUT2D eigenvalue weighted by Gasteiger charge is -2.20. The highest BCUT2D eigenvalue weighted by Gasteiger charge is 2.08. The SMILES string of the molecule is C[C@H](N)c1ccnc(N(C)Cc2ccccc2Br)c1. The van der Waals surface area contributed by atoms with Crippen LogP contribution < -0.4 is 10.6 Å². The molecule has 0 unspecified atom stereocenters. The van der Waals surface area contributed by atoms with Crippen LogP contribution in [0.1, 0.15) is 24.1 Å². The van der Waals surface area contributed by atoms with Crippen molar-refractivity contribution in [2.24, 2.45) is 5.73 Å². The van der Waals surface area contributed by atoms with E-state index >= 15 is 0 Å². The summed E-state index contributed by atoms with van der Waals surface area (Å²) in [5.74, 6) is 0.936. The zero-order valence-corrected chi connectivity index (χ0v) is 12.8. The van der Waals surface area contributed by atoms with Gasteiger partial charge < -0.3 is 10.6 Å². The molecule has 0 spiro atoms. The second kappa shape index (κ2) is 6.17. The van der Waals surface area contributed by atoms with Crippen molar-refractivity contribution in [3.63, 3.8) is 0 Å². The second-order valence-corrected chi connectivity index (χ2v) is 5.54. The summed E-state index contributed by atoms with van der Waals surface area (Å²) in [5.41, 5.74) is 8.24. The van der Waals surface area contributed by atoms with E-state index in [0.29, 0.717) is 0 Å². The van der Waals surface area contributed by atoms with Gasteiger partial charge in [0.25, 0.3) is 0 Å². The number of hydrogen-bond acceptors (Lipinski definition) is 3. The van der Waals surface area contributed by atoms with Gasteiger partial charge in [-0.05, 0) is 36.2 Å². The van der Waals surface area contributed by atoms with Crippen molar-refractivity contribution in [3.8, 4) is 0 Å². The Morgan fingerprint density at radius 3 is 2.74 bits per heavy atom. The molecule has 1 heterocycles. The van der Waals surface area contributed by atoms with Gasteiger partial charge in [-0.15, -0.1) is 0 Å². The molecule has 1 aromatic carbocycles. The molecule has 0 aliphatic rings. The quantitative estimate of drug-likeness (QED) is 0.937. The average molecular weight is 320 g/mol. The number of halogens is 1. The highest BCUT2D eigenvalue weighted by molar-refractivity contribution is 9.10. The zero-order valence-electron chi connectivity index (χ0n) is 11.2. The van der Waals surface area contributed by atoms with Crippen molar-refractivity contribution in [2.45, 2.75) is 19.5 Å². The lowest BCUT2D eigenvalue weighted by Crippen LogP contribution is -2.18. The Morgan fingerprint density at radius 2 is 2.05 bits per heavy atom. The Balaban J connectivity index is 2.18. The van der Waals surface area contributed by atoms with Crippen molar-refractivity contribution < 1.29 is 0 Å². The molecule has 0 saturated heterocycles. The summed E-state index contributed by atoms with van der Waals surface area (Å²) >= 11 is 3.57. The maximum atomic E-state index is 5.91. The fraction of sp³-hybridized carbons (Fsp3) is 0.267. The molecule has 2 aromatic rings. The van der Waals surface area contributed by atoms with Crippen molar-refractivity contribution in [1.82, 2.24) is 4.98 Å². The van der Waals surface area contributed by atoms with Gasteiger partial charge in [0.05, 0.1) is 0 Å². The number of rotatable bonds is 4. The summed E-state index contributed by atoms with van der Waals surface area (Å²) in [4.78, 5) is 6.52. The third-order valence-electron chi connectivity index (χ3n) is 3.05. The van der Waals surface area contributed by atoms with E-state index in [1.54, 1.807) is 0 Å². The van der Waals surface area contributed by atoms with Crippen LogP contribution >= 0.6 is 15.9 Å². The molecule has 0 radical (unpaired) electrons. The summed E-state index contributed by atoms with van der Waals surface area (Å²) in [6, 6.07) is 12.2. The summed E-state index contributed by atoms with van der Waals surface area (Å²) in [5, 5.41) is 0. The first-order valence-corrected chi connectivity index (χ1v) is 7.03. The van der Waals surface area contributed by atoms with Crippen LogP contribution in [0.25, 0.3) is 0 Å². The van der Waals surface area contributed by atoms with E-state index in [9.17, 15) is 0 Å². The van der Waals surface area contributed by atoms with E-state index in [1.807, 2.05) is 44.4 Å². The summed E-state index contributed by atoms with van der Waals surface area (Å²) in [6.07, 6.45) is 1.81. The topological polar surface area (TPSA) is 42.1 Å². The van der Waals surface area contributed by atoms with Crippen LogP contribution in [-0.4, -0.2) is 12.0 Å². The molecule has 0 aliphatic carbocycles. The summed E-state index contributed by atoms with van der Waals surface area (Å²) in [7, 11) is 2.03. The number of anilines is 1. The van der Waals surface area contributed by atoms with E-state index in [0.717, 1.165) is 22.4 Å². The van der Waals surface area contributed by atoms with Gasteiger partial charge in [-0.1, -0.05) is 34.1 Å². The molecule has 0 bridgehead atoms. The average Bonchev–Trinajstić information content (AvgIpc) is 2.41. The maximum absolute atomic E-state index is 5.91. The number of pyridine rings is 1. The van der Waals surface area contributed by atoms with Gasteiger partial charge in [0, 0.05) is 30.3 Å². The van der Waals surface area contributed by atoms with Crippen LogP contribution in [0.5, 0.6) is 0 Å². The molecule has 2 rings (SSSR count). The van der Waals surface area contributed by atoms with E-state index < -0.39 is 0 Å². The van der Waals surface area contributed by atoms with Crippen LogP contribution in [0.2, 0.25) is 0 Å². The molecule has 1 aromatic heterocycles. The fourth-order valence-electron chi connectivity index (χ4n) is 1.89. The molecule has 19 heavy (non-hydrogen) atoms. The van der Waals surface area contributed by atoms with Gasteiger partial charge in [0.15, 0.2) is 0 Å². The van der Waals surface area contributed by atoms with Crippen LogP contribution in [0.15, 0.2) is 47.1 Å². The predicted octanol–water partition coefficient (Wildman–Crippen LogP) is 3.50. The molecule has 2 N–H and O–H groups in total. The lowest BCUT2D eigenvalue weighted by molar-refractivity contribution is 0.809. The zero-order chi connectivity index (χ0) is 13.8. The Morgan fingerprint density at radius 1 is 1.32 bits per heavy atom. The Labute approximate surface area is 122 Å². The molecular formula is C15H18BrN3. The van der Waals surface area contributed by atoms with Crippen molar-refractivity contribution >= 4 is 21.7 Å². The first-order chi connectivity index (χ1) is 9.08. The Kier molecular flexibility index (Phi) is 4.56. The molecule has 100 valence electrons. The van der Waals surface area contributed by atoms with E-state index in [4.69, 9.17) is 5.73 Å². The van der Waals surface area contributed by atoms with Gasteiger partial charge in [0.2, 0.25) is 0 Å². The minimum atomic E-state index is 0.0265. The third kappa shape index (κ3) is 3.55. The Bertz CT molecular complexity index is 555. The third-order valence-corrected chi connectivity index (χ3v) is 3.83. The number of nitrogens with zero attached hydrogens (tertiary/aromatic N) is 2. The summed E-state index contributed by atoms with van der Waals surface area (Å²) in [6.45, 7) is 2.78. The number of aromatic nitrogens is 1. The number of hydrogen-bond donors (Lipinski definition) is 1. The normalized spacial score (nSPS) is 12.2. The minimum absolute atomic E-state index is 0.0265. The molecule has 1 atom stereocenters. The second-order valence-electron chi connectivity index (χ2n) is 4.68.